The smallest absolute Gasteiger partial charge is 0.336 e. The summed E-state index contributed by atoms with van der Waals surface area (Å²) in [6.07, 6.45) is 1.44. The van der Waals surface area contributed by atoms with Gasteiger partial charge in [0.2, 0.25) is 0 Å². The van der Waals surface area contributed by atoms with E-state index in [0.29, 0.717) is 6.42 Å². The summed E-state index contributed by atoms with van der Waals surface area (Å²) in [5, 5.41) is 0. The number of carbonyl (C=O) groups excluding carboxylic acids is 1. The van der Waals surface area contributed by atoms with Crippen LogP contribution in [0.5, 0.6) is 0 Å². The van der Waals surface area contributed by atoms with Crippen molar-refractivity contribution in [3.8, 4) is 5.69 Å². The van der Waals surface area contributed by atoms with Gasteiger partial charge in [0.15, 0.2) is 0 Å². The highest BCUT2D eigenvalue weighted by Crippen LogP contribution is 2.29. The summed E-state index contributed by atoms with van der Waals surface area (Å²) in [6.45, 7) is 4.67. The number of carbonyl (C=O) groups is 1. The average molecular weight is 553 g/mol. The first-order valence-electron chi connectivity index (χ1n) is 13.9. The van der Waals surface area contributed by atoms with Gasteiger partial charge in [-0.15, -0.1) is 0 Å². The van der Waals surface area contributed by atoms with Crippen molar-refractivity contribution in [3.63, 3.8) is 0 Å². The van der Waals surface area contributed by atoms with Crippen molar-refractivity contribution < 1.29 is 4.79 Å². The van der Waals surface area contributed by atoms with Gasteiger partial charge in [-0.2, -0.15) is 0 Å². The lowest BCUT2D eigenvalue weighted by molar-refractivity contribution is 0.0998. The number of amides is 1. The summed E-state index contributed by atoms with van der Waals surface area (Å²) in [5.41, 5.74) is 14.6. The van der Waals surface area contributed by atoms with Gasteiger partial charge in [0.05, 0.1) is 17.3 Å². The topological polar surface area (TPSA) is 120 Å². The Kier molecular flexibility index (Phi) is 8.47. The molecule has 212 valence electrons. The molecule has 0 aliphatic carbocycles. The van der Waals surface area contributed by atoms with Gasteiger partial charge in [-0.25, -0.2) is 9.36 Å². The number of piperazine rings is 1. The maximum absolute atomic E-state index is 12.9. The molecule has 0 radical (unpaired) electrons. The second-order valence-electron chi connectivity index (χ2n) is 10.5. The molecule has 1 aliphatic rings. The molecule has 1 aromatic heterocycles. The number of aromatic nitrogens is 2. The van der Waals surface area contributed by atoms with Gasteiger partial charge in [0.25, 0.3) is 11.5 Å². The third-order valence-corrected chi connectivity index (χ3v) is 7.88. The third-order valence-electron chi connectivity index (χ3n) is 7.88. The minimum Gasteiger partial charge on any atom is -0.385 e. The van der Waals surface area contributed by atoms with E-state index < -0.39 is 17.2 Å². The number of hydrogen-bond acceptors (Lipinski definition) is 6. The van der Waals surface area contributed by atoms with Gasteiger partial charge >= 0.3 is 5.69 Å². The standard InChI is InChI=1S/C32H36N6O3/c1-35-28(39)22-27(33)38(32(35)41)26-16-8-14-23(29(26)31(34)40)15-9-17-36-18-20-37(21-19-36)30(24-10-4-2-5-11-24)25-12-6-3-7-13-25/h2-8,10-14,16,22,30H,9,15,17-21,33H2,1H3,(H2,34,40). The average Bonchev–Trinajstić information content (AvgIpc) is 2.98. The number of hydrogen-bond donors (Lipinski definition) is 2. The molecule has 0 saturated carbocycles. The largest absolute Gasteiger partial charge is 0.385 e. The zero-order valence-corrected chi connectivity index (χ0v) is 23.3. The normalized spacial score (nSPS) is 14.4. The van der Waals surface area contributed by atoms with Gasteiger partial charge in [-0.1, -0.05) is 72.8 Å². The van der Waals surface area contributed by atoms with E-state index in [1.807, 2.05) is 6.07 Å². The molecule has 0 atom stereocenters. The second-order valence-corrected chi connectivity index (χ2v) is 10.5. The van der Waals surface area contributed by atoms with Gasteiger partial charge < -0.3 is 16.4 Å². The number of anilines is 1. The van der Waals surface area contributed by atoms with Crippen molar-refractivity contribution in [2.45, 2.75) is 18.9 Å². The third kappa shape index (κ3) is 6.01. The Labute approximate surface area is 239 Å². The minimum absolute atomic E-state index is 0.0417. The van der Waals surface area contributed by atoms with Crippen LogP contribution >= 0.6 is 0 Å². The maximum Gasteiger partial charge on any atom is 0.336 e. The van der Waals surface area contributed by atoms with Crippen LogP contribution in [0.4, 0.5) is 5.82 Å². The first-order chi connectivity index (χ1) is 19.8. The van der Waals surface area contributed by atoms with E-state index >= 15 is 0 Å². The Morgan fingerprint density at radius 1 is 0.854 bits per heavy atom. The number of primary amides is 1. The predicted molar refractivity (Wildman–Crippen MR) is 161 cm³/mol. The van der Waals surface area contributed by atoms with Crippen LogP contribution in [0.1, 0.15) is 39.5 Å². The summed E-state index contributed by atoms with van der Waals surface area (Å²) in [5.74, 6) is -0.683. The fraction of sp³-hybridized carbons (Fsp3) is 0.281. The molecule has 2 heterocycles. The number of nitrogens with zero attached hydrogens (tertiary/aromatic N) is 4. The van der Waals surface area contributed by atoms with Crippen molar-refractivity contribution in [1.82, 2.24) is 18.9 Å². The van der Waals surface area contributed by atoms with Gasteiger partial charge in [0.1, 0.15) is 5.82 Å². The molecule has 0 unspecified atom stereocenters. The molecule has 1 saturated heterocycles. The zero-order chi connectivity index (χ0) is 28.9. The van der Waals surface area contributed by atoms with E-state index in [2.05, 4.69) is 70.5 Å². The quantitative estimate of drug-likeness (QED) is 0.329. The van der Waals surface area contributed by atoms with Crippen molar-refractivity contribution >= 4 is 11.7 Å². The molecule has 1 aliphatic heterocycles. The van der Waals surface area contributed by atoms with Crippen LogP contribution in [0.25, 0.3) is 5.69 Å². The Morgan fingerprint density at radius 3 is 2.05 bits per heavy atom. The first kappa shape index (κ1) is 28.1. The van der Waals surface area contributed by atoms with Crippen LogP contribution in [-0.2, 0) is 13.5 Å². The summed E-state index contributed by atoms with van der Waals surface area (Å²) in [4.78, 5) is 42.4. The highest BCUT2D eigenvalue weighted by molar-refractivity contribution is 5.98. The molecule has 9 nitrogen and oxygen atoms in total. The molecule has 9 heteroatoms. The van der Waals surface area contributed by atoms with Crippen LogP contribution in [0.2, 0.25) is 0 Å². The molecule has 1 amide bonds. The minimum atomic E-state index is -0.641. The monoisotopic (exact) mass is 552 g/mol. The lowest BCUT2D eigenvalue weighted by Crippen LogP contribution is -2.48. The molecule has 41 heavy (non-hydrogen) atoms. The first-order valence-corrected chi connectivity index (χ1v) is 13.9. The van der Waals surface area contributed by atoms with Gasteiger partial charge in [-0.3, -0.25) is 19.1 Å². The summed E-state index contributed by atoms with van der Waals surface area (Å²) in [7, 11) is 1.37. The van der Waals surface area contributed by atoms with E-state index in [9.17, 15) is 14.4 Å². The lowest BCUT2D eigenvalue weighted by Gasteiger charge is -2.40. The number of benzene rings is 3. The SMILES string of the molecule is Cn1c(=O)cc(N)n(-c2cccc(CCCN3CCN(C(c4ccccc4)c4ccccc4)CC3)c2C(N)=O)c1=O. The van der Waals surface area contributed by atoms with Crippen molar-refractivity contribution in [2.24, 2.45) is 12.8 Å². The Hall–Kier alpha value is -4.47. The fourth-order valence-corrected chi connectivity index (χ4v) is 5.77. The van der Waals surface area contributed by atoms with Crippen molar-refractivity contribution in [1.29, 1.82) is 0 Å². The van der Waals surface area contributed by atoms with E-state index in [-0.39, 0.29) is 23.1 Å². The Morgan fingerprint density at radius 2 is 1.46 bits per heavy atom. The summed E-state index contributed by atoms with van der Waals surface area (Å²) >= 11 is 0. The molecule has 0 spiro atoms. The molecule has 4 N–H and O–H groups in total. The zero-order valence-electron chi connectivity index (χ0n) is 23.3. The second kappa shape index (κ2) is 12.4. The van der Waals surface area contributed by atoms with Crippen molar-refractivity contribution in [3.05, 3.63) is 128 Å². The molecular weight excluding hydrogens is 516 g/mol. The molecule has 5 rings (SSSR count). The maximum atomic E-state index is 12.9. The van der Waals surface area contributed by atoms with Crippen LogP contribution < -0.4 is 22.7 Å². The van der Waals surface area contributed by atoms with E-state index in [0.717, 1.165) is 49.3 Å². The highest BCUT2D eigenvalue weighted by Gasteiger charge is 2.26. The van der Waals surface area contributed by atoms with Crippen LogP contribution in [0, 0.1) is 0 Å². The molecule has 0 bridgehead atoms. The van der Waals surface area contributed by atoms with Gasteiger partial charge in [-0.05, 0) is 42.1 Å². The number of nitrogens with two attached hydrogens (primary N) is 2. The molecule has 4 aromatic rings. The van der Waals surface area contributed by atoms with Crippen molar-refractivity contribution in [2.75, 3.05) is 38.5 Å². The van der Waals surface area contributed by atoms with Crippen LogP contribution in [0.3, 0.4) is 0 Å². The number of aryl methyl sites for hydroxylation is 1. The number of rotatable bonds is 9. The molecule has 3 aromatic carbocycles. The van der Waals surface area contributed by atoms with E-state index in [1.54, 1.807) is 12.1 Å². The lowest BCUT2D eigenvalue weighted by atomic mass is 9.96. The van der Waals surface area contributed by atoms with Crippen LogP contribution in [0.15, 0.2) is 94.5 Å². The highest BCUT2D eigenvalue weighted by atomic mass is 16.2. The Balaban J connectivity index is 1.27. The summed E-state index contributed by atoms with van der Waals surface area (Å²) < 4.78 is 2.12. The molecular formula is C32H36N6O3. The molecule has 1 fully saturated rings. The number of nitrogen functional groups attached to an aromatic ring is 1. The van der Waals surface area contributed by atoms with E-state index in [1.165, 1.54) is 28.8 Å². The predicted octanol–water partition coefficient (Wildman–Crippen LogP) is 2.56. The summed E-state index contributed by atoms with van der Waals surface area (Å²) in [6, 6.07) is 27.9. The van der Waals surface area contributed by atoms with Gasteiger partial charge in [0, 0.05) is 39.3 Å². The fourth-order valence-electron chi connectivity index (χ4n) is 5.77. The van der Waals surface area contributed by atoms with Crippen LogP contribution in [-0.4, -0.2) is 57.6 Å². The Bertz CT molecular complexity index is 1580. The van der Waals surface area contributed by atoms with E-state index in [4.69, 9.17) is 11.5 Å².